The number of nitrogens with two attached hydrogens (primary N) is 2. The molecule has 0 aliphatic carbocycles. The van der Waals surface area contributed by atoms with Gasteiger partial charge >= 0.3 is 17.9 Å². The Morgan fingerprint density at radius 1 is 0.642 bits per heavy atom. The van der Waals surface area contributed by atoms with Gasteiger partial charge in [-0.25, -0.2) is 4.79 Å². The van der Waals surface area contributed by atoms with E-state index in [1.54, 1.807) is 91.0 Å². The number of hydrogen-bond acceptors (Lipinski definition) is 9. The van der Waals surface area contributed by atoms with Gasteiger partial charge in [-0.1, -0.05) is 92.6 Å². The first kappa shape index (κ1) is 40.3. The second-order valence-electron chi connectivity index (χ2n) is 12.7. The van der Waals surface area contributed by atoms with Crippen molar-refractivity contribution in [3.63, 3.8) is 0 Å². The van der Waals surface area contributed by atoms with E-state index in [0.29, 0.717) is 42.3 Å². The van der Waals surface area contributed by atoms with Crippen molar-refractivity contribution in [2.24, 2.45) is 16.9 Å². The SMILES string of the molecule is CCCCCOc1ccc(OC(=O)C=Cc2ccc(OCCCCCCOC(=O)C(C(=O)O)(C(N)c3ccccc3)C(N)c3ccccc3)cc2)cc1. The number of aliphatic carboxylic acids is 1. The number of hydrogen-bond donors (Lipinski definition) is 3. The lowest BCUT2D eigenvalue weighted by molar-refractivity contribution is -0.173. The summed E-state index contributed by atoms with van der Waals surface area (Å²) in [6.45, 7) is 3.33. The molecule has 0 aliphatic rings. The van der Waals surface area contributed by atoms with E-state index in [2.05, 4.69) is 6.92 Å². The van der Waals surface area contributed by atoms with Crippen LogP contribution in [0.2, 0.25) is 0 Å². The van der Waals surface area contributed by atoms with Crippen molar-refractivity contribution in [3.8, 4) is 17.2 Å². The molecule has 2 atom stereocenters. The first-order valence-corrected chi connectivity index (χ1v) is 18.1. The van der Waals surface area contributed by atoms with Crippen molar-refractivity contribution in [1.82, 2.24) is 0 Å². The Hall–Kier alpha value is -5.45. The molecule has 53 heavy (non-hydrogen) atoms. The van der Waals surface area contributed by atoms with Crippen molar-refractivity contribution < 1.29 is 38.4 Å². The van der Waals surface area contributed by atoms with Crippen LogP contribution in [0.4, 0.5) is 0 Å². The molecule has 0 saturated carbocycles. The van der Waals surface area contributed by atoms with Gasteiger partial charge in [-0.3, -0.25) is 9.59 Å². The van der Waals surface area contributed by atoms with Crippen molar-refractivity contribution in [1.29, 1.82) is 0 Å². The maximum Gasteiger partial charge on any atom is 0.336 e. The average Bonchev–Trinajstić information content (AvgIpc) is 3.18. The fourth-order valence-corrected chi connectivity index (χ4v) is 5.81. The van der Waals surface area contributed by atoms with E-state index in [9.17, 15) is 19.5 Å². The van der Waals surface area contributed by atoms with E-state index in [1.165, 1.54) is 6.08 Å². The Bertz CT molecular complexity index is 1680. The molecule has 5 N–H and O–H groups in total. The zero-order chi connectivity index (χ0) is 37.9. The lowest BCUT2D eigenvalue weighted by Gasteiger charge is -2.37. The molecule has 2 unspecified atom stereocenters. The highest BCUT2D eigenvalue weighted by Gasteiger charge is 2.58. The zero-order valence-corrected chi connectivity index (χ0v) is 30.2. The highest BCUT2D eigenvalue weighted by molar-refractivity contribution is 6.01. The number of carboxylic acids is 1. The first-order chi connectivity index (χ1) is 25.7. The summed E-state index contributed by atoms with van der Waals surface area (Å²) in [5.74, 6) is -1.01. The molecule has 0 radical (unpaired) electrons. The van der Waals surface area contributed by atoms with Gasteiger partial charge in [0.05, 0.1) is 31.9 Å². The predicted octanol–water partition coefficient (Wildman–Crippen LogP) is 7.83. The Morgan fingerprint density at radius 3 is 1.62 bits per heavy atom. The molecule has 4 aromatic carbocycles. The van der Waals surface area contributed by atoms with Crippen LogP contribution in [0, 0.1) is 5.41 Å². The Morgan fingerprint density at radius 2 is 1.11 bits per heavy atom. The summed E-state index contributed by atoms with van der Waals surface area (Å²) in [6.07, 6.45) is 9.17. The van der Waals surface area contributed by atoms with Crippen LogP contribution in [0.3, 0.4) is 0 Å². The van der Waals surface area contributed by atoms with Crippen molar-refractivity contribution in [3.05, 3.63) is 132 Å². The first-order valence-electron chi connectivity index (χ1n) is 18.1. The van der Waals surface area contributed by atoms with Crippen LogP contribution in [0.5, 0.6) is 17.2 Å². The van der Waals surface area contributed by atoms with Gasteiger partial charge in [-0.15, -0.1) is 0 Å². The fourth-order valence-electron chi connectivity index (χ4n) is 5.81. The van der Waals surface area contributed by atoms with Crippen LogP contribution in [0.15, 0.2) is 115 Å². The largest absolute Gasteiger partial charge is 0.494 e. The molecule has 4 rings (SSSR count). The van der Waals surface area contributed by atoms with Crippen molar-refractivity contribution in [2.75, 3.05) is 19.8 Å². The summed E-state index contributed by atoms with van der Waals surface area (Å²) < 4.78 is 22.5. The minimum Gasteiger partial charge on any atom is -0.494 e. The molecule has 0 aromatic heterocycles. The Kier molecular flexibility index (Phi) is 16.1. The number of unbranched alkanes of at least 4 members (excludes halogenated alkanes) is 5. The van der Waals surface area contributed by atoms with Gasteiger partial charge in [0.1, 0.15) is 17.2 Å². The van der Waals surface area contributed by atoms with E-state index < -0.39 is 35.4 Å². The van der Waals surface area contributed by atoms with Crippen molar-refractivity contribution in [2.45, 2.75) is 64.0 Å². The highest BCUT2D eigenvalue weighted by atomic mass is 16.5. The third-order valence-electron chi connectivity index (χ3n) is 8.88. The summed E-state index contributed by atoms with van der Waals surface area (Å²) in [6, 6.07) is 29.0. The molecular weight excluding hydrogens is 672 g/mol. The van der Waals surface area contributed by atoms with Crippen LogP contribution in [0.25, 0.3) is 6.08 Å². The predicted molar refractivity (Wildman–Crippen MR) is 204 cm³/mol. The maximum absolute atomic E-state index is 13.6. The van der Waals surface area contributed by atoms with Crippen molar-refractivity contribution >= 4 is 24.0 Å². The number of rotatable bonds is 22. The fraction of sp³-hybridized carbons (Fsp3) is 0.326. The monoisotopic (exact) mass is 722 g/mol. The van der Waals surface area contributed by atoms with Crippen LogP contribution in [-0.2, 0) is 19.1 Å². The maximum atomic E-state index is 13.6. The van der Waals surface area contributed by atoms with Crippen LogP contribution in [0.1, 0.15) is 80.6 Å². The van der Waals surface area contributed by atoms with E-state index in [4.69, 9.17) is 30.4 Å². The summed E-state index contributed by atoms with van der Waals surface area (Å²) in [5, 5.41) is 10.5. The summed E-state index contributed by atoms with van der Waals surface area (Å²) in [7, 11) is 0. The van der Waals surface area contributed by atoms with E-state index in [-0.39, 0.29) is 6.61 Å². The second kappa shape index (κ2) is 21.2. The number of ether oxygens (including phenoxy) is 4. The van der Waals surface area contributed by atoms with Gasteiger partial charge in [0.25, 0.3) is 0 Å². The average molecular weight is 723 g/mol. The normalized spacial score (nSPS) is 13.4. The van der Waals surface area contributed by atoms with E-state index >= 15 is 0 Å². The molecule has 0 bridgehead atoms. The van der Waals surface area contributed by atoms with E-state index in [0.717, 1.165) is 49.8 Å². The van der Waals surface area contributed by atoms with Crippen LogP contribution >= 0.6 is 0 Å². The number of benzene rings is 4. The number of carboxylic acid groups (broad SMARTS) is 1. The molecule has 0 saturated heterocycles. The smallest absolute Gasteiger partial charge is 0.336 e. The molecule has 0 aliphatic heterocycles. The third-order valence-corrected chi connectivity index (χ3v) is 8.88. The molecule has 280 valence electrons. The van der Waals surface area contributed by atoms with Crippen LogP contribution < -0.4 is 25.7 Å². The van der Waals surface area contributed by atoms with E-state index in [1.807, 2.05) is 24.3 Å². The van der Waals surface area contributed by atoms with Gasteiger partial charge < -0.3 is 35.5 Å². The second-order valence-corrected chi connectivity index (χ2v) is 12.7. The number of carbonyl (C=O) groups is 3. The van der Waals surface area contributed by atoms with Gasteiger partial charge in [-0.05, 0) is 91.3 Å². The molecule has 4 aromatic rings. The van der Waals surface area contributed by atoms with Gasteiger partial charge in [-0.2, -0.15) is 0 Å². The molecule has 0 heterocycles. The number of esters is 2. The molecule has 0 fully saturated rings. The third kappa shape index (κ3) is 11.8. The Balaban J connectivity index is 1.17. The lowest BCUT2D eigenvalue weighted by atomic mass is 9.69. The number of carbonyl (C=O) groups excluding carboxylic acids is 2. The Labute approximate surface area is 311 Å². The lowest BCUT2D eigenvalue weighted by Crippen LogP contribution is -2.55. The molecule has 10 nitrogen and oxygen atoms in total. The summed E-state index contributed by atoms with van der Waals surface area (Å²) >= 11 is 0. The quantitative estimate of drug-likeness (QED) is 0.0240. The summed E-state index contributed by atoms with van der Waals surface area (Å²) in [4.78, 5) is 38.8. The molecule has 10 heteroatoms. The highest BCUT2D eigenvalue weighted by Crippen LogP contribution is 2.43. The van der Waals surface area contributed by atoms with Gasteiger partial charge in [0.15, 0.2) is 0 Å². The molecule has 0 amide bonds. The standard InChI is InChI=1S/C43H50N2O8/c1-2-3-12-29-50-36-24-26-37(27-25-36)53-38(46)28-21-32-19-22-35(23-20-32)51-30-13-4-5-14-31-52-42(49)43(41(47)48,39(44)33-15-8-6-9-16-33)40(45)34-17-10-7-11-18-34/h6-11,15-28,39-40H,2-5,12-14,29-31,44-45H2,1H3,(H,47,48). The zero-order valence-electron chi connectivity index (χ0n) is 30.2. The van der Waals surface area contributed by atoms with Crippen LogP contribution in [-0.4, -0.2) is 42.8 Å². The topological polar surface area (TPSA) is 160 Å². The van der Waals surface area contributed by atoms with Gasteiger partial charge in [0, 0.05) is 6.08 Å². The van der Waals surface area contributed by atoms with Gasteiger partial charge in [0.2, 0.25) is 5.41 Å². The minimum absolute atomic E-state index is 0.0285. The minimum atomic E-state index is -2.25. The summed E-state index contributed by atoms with van der Waals surface area (Å²) in [5.41, 5.74) is 12.6. The molecule has 0 spiro atoms. The molecular formula is C43H50N2O8.